The van der Waals surface area contributed by atoms with Crippen molar-refractivity contribution in [3.05, 3.63) is 0 Å². The first-order valence-electron chi connectivity index (χ1n) is 0.236. The molecule has 0 nitrogen and oxygen atoms in total. The van der Waals surface area contributed by atoms with E-state index in [-0.39, 0.29) is 34.4 Å². The van der Waals surface area contributed by atoms with Gasteiger partial charge in [0.25, 0.3) is 0 Å². The van der Waals surface area contributed by atoms with Crippen LogP contribution in [-0.2, 0) is 17.1 Å². The molecule has 4 heteroatoms. The van der Waals surface area contributed by atoms with Crippen molar-refractivity contribution in [2.45, 2.75) is 0 Å². The molecule has 0 aliphatic rings. The predicted octanol–water partition coefficient (Wildman–Crippen LogP) is -0.116. The summed E-state index contributed by atoms with van der Waals surface area (Å²) in [6.07, 6.45) is 0. The Labute approximate surface area is 60.8 Å². The van der Waals surface area contributed by atoms with E-state index >= 15 is 0 Å². The Kier molecular flexibility index (Phi) is 86.6. The van der Waals surface area contributed by atoms with Crippen LogP contribution in [0.3, 0.4) is 0 Å². The molecule has 0 heterocycles. The topological polar surface area (TPSA) is 0 Å². The number of hydrogen-bond acceptors (Lipinski definition) is 1. The van der Waals surface area contributed by atoms with Crippen molar-refractivity contribution in [3.63, 3.8) is 0 Å². The van der Waals surface area contributed by atoms with Gasteiger partial charge >= 0.3 is 26.9 Å². The van der Waals surface area contributed by atoms with Gasteiger partial charge in [0.1, 0.15) is 0 Å². The summed E-state index contributed by atoms with van der Waals surface area (Å²) in [7, 11) is 4.15. The summed E-state index contributed by atoms with van der Waals surface area (Å²) >= 11 is 1.27. The van der Waals surface area contributed by atoms with Crippen molar-refractivity contribution < 1.29 is 17.1 Å². The zero-order valence-electron chi connectivity index (χ0n) is 1.86. The fourth-order valence-corrected chi connectivity index (χ4v) is 0. The Morgan fingerprint density at radius 3 is 1.25 bits per heavy atom. The van der Waals surface area contributed by atoms with E-state index in [9.17, 15) is 0 Å². The van der Waals surface area contributed by atoms with Gasteiger partial charge in [-0.15, -0.1) is 0 Å². The Balaban J connectivity index is -0.00000000500. The van der Waals surface area contributed by atoms with Gasteiger partial charge in [0.2, 0.25) is 0 Å². The van der Waals surface area contributed by atoms with Gasteiger partial charge in [-0.05, 0) is 0 Å². The van der Waals surface area contributed by atoms with Crippen molar-refractivity contribution in [1.82, 2.24) is 0 Å². The molecule has 0 fully saturated rings. The maximum absolute atomic E-state index is 4.15. The van der Waals surface area contributed by atoms with Gasteiger partial charge in [-0.25, -0.2) is 0 Å². The van der Waals surface area contributed by atoms with Crippen LogP contribution in [0.5, 0.6) is 0 Å². The van der Waals surface area contributed by atoms with Gasteiger partial charge in [-0.2, -0.15) is 0 Å². The minimum absolute atomic E-state index is 0. The molecule has 0 rings (SSSR count). The van der Waals surface area contributed by atoms with Gasteiger partial charge in [-0.1, -0.05) is 0 Å². The SMILES string of the molecule is [Al].[Cu].[S]=[Ga]. The molecule has 0 N–H and O–H groups in total. The van der Waals surface area contributed by atoms with Gasteiger partial charge in [-0.3, -0.25) is 0 Å². The van der Waals surface area contributed by atoms with E-state index in [1.54, 1.807) is 0 Å². The van der Waals surface area contributed by atoms with Crippen LogP contribution in [0.2, 0.25) is 0 Å². The molecule has 4 heavy (non-hydrogen) atoms. The Morgan fingerprint density at radius 2 is 1.25 bits per heavy atom. The third-order valence-electron chi connectivity index (χ3n) is 0. The van der Waals surface area contributed by atoms with Gasteiger partial charge in [0, 0.05) is 34.4 Å². The van der Waals surface area contributed by atoms with Crippen molar-refractivity contribution in [3.8, 4) is 0 Å². The van der Waals surface area contributed by atoms with E-state index in [0.717, 1.165) is 0 Å². The van der Waals surface area contributed by atoms with Gasteiger partial charge < -0.3 is 0 Å². The third kappa shape index (κ3) is 9.08. The minimum atomic E-state index is 0. The summed E-state index contributed by atoms with van der Waals surface area (Å²) in [5.74, 6) is 0. The zero-order valence-corrected chi connectivity index (χ0v) is 7.20. The molecule has 0 saturated heterocycles. The first-order chi connectivity index (χ1) is 1.00. The Hall–Kier alpha value is 1.91. The molecule has 0 aromatic heterocycles. The van der Waals surface area contributed by atoms with E-state index in [1.165, 1.54) is 16.8 Å². The second-order valence-corrected chi connectivity index (χ2v) is 0. The van der Waals surface area contributed by atoms with E-state index in [1.807, 2.05) is 0 Å². The standard InChI is InChI=1S/Al.Cu.Ga.S. The summed E-state index contributed by atoms with van der Waals surface area (Å²) in [5, 5.41) is 0. The van der Waals surface area contributed by atoms with Crippen molar-refractivity contribution in [2.24, 2.45) is 0 Å². The molecule has 0 amide bonds. The average Bonchev–Trinajstić information content (AvgIpc) is 1.00. The van der Waals surface area contributed by atoms with Crippen LogP contribution in [-0.4, -0.2) is 34.2 Å². The Morgan fingerprint density at radius 1 is 1.25 bits per heavy atom. The fraction of sp³-hybridized carbons (Fsp3) is 0. The monoisotopic (exact) mass is 191 g/mol. The summed E-state index contributed by atoms with van der Waals surface area (Å²) in [6, 6.07) is 0. The van der Waals surface area contributed by atoms with Crippen LogP contribution in [0.15, 0.2) is 0 Å². The van der Waals surface area contributed by atoms with Crippen LogP contribution in [0.4, 0.5) is 0 Å². The molecular weight excluding hydrogens is 192 g/mol. The summed E-state index contributed by atoms with van der Waals surface area (Å²) in [4.78, 5) is 0. The van der Waals surface area contributed by atoms with Gasteiger partial charge in [0.15, 0.2) is 0 Å². The molecule has 0 unspecified atom stereocenters. The predicted molar refractivity (Wildman–Crippen MR) is 19.1 cm³/mol. The first kappa shape index (κ1) is 16.8. The first-order valence-corrected chi connectivity index (χ1v) is 3.67. The average molecular weight is 192 g/mol. The van der Waals surface area contributed by atoms with Gasteiger partial charge in [0.05, 0.1) is 0 Å². The maximum atomic E-state index is 4.15. The molecule has 0 saturated carbocycles. The molecule has 0 aliphatic heterocycles. The van der Waals surface area contributed by atoms with Crippen molar-refractivity contribution >= 4 is 44.3 Å². The van der Waals surface area contributed by atoms with E-state index in [2.05, 4.69) is 10.1 Å². The summed E-state index contributed by atoms with van der Waals surface area (Å²) < 4.78 is 0. The number of hydrogen-bond donors (Lipinski definition) is 0. The third-order valence-corrected chi connectivity index (χ3v) is 0. The van der Waals surface area contributed by atoms with E-state index in [4.69, 9.17) is 0 Å². The molecule has 0 aromatic carbocycles. The number of rotatable bonds is 0. The summed E-state index contributed by atoms with van der Waals surface area (Å²) in [5.41, 5.74) is 0. The molecule has 0 aromatic rings. The van der Waals surface area contributed by atoms with Crippen LogP contribution in [0.25, 0.3) is 0 Å². The molecular formula is AlCuGaS. The Bertz CT molecular complexity index is 8.00. The van der Waals surface area contributed by atoms with Crippen LogP contribution < -0.4 is 0 Å². The van der Waals surface area contributed by atoms with Crippen molar-refractivity contribution in [1.29, 1.82) is 0 Å². The quantitative estimate of drug-likeness (QED) is 0.482. The second kappa shape index (κ2) is 20.6. The fourth-order valence-electron chi connectivity index (χ4n) is 0. The normalized spacial score (nSPS) is 0.750. The second-order valence-electron chi connectivity index (χ2n) is 0. The zero-order chi connectivity index (χ0) is 2.00. The molecule has 0 bridgehead atoms. The van der Waals surface area contributed by atoms with Crippen LogP contribution >= 0.6 is 10.1 Å². The van der Waals surface area contributed by atoms with Crippen molar-refractivity contribution in [2.75, 3.05) is 0 Å². The van der Waals surface area contributed by atoms with Crippen LogP contribution in [0.1, 0.15) is 0 Å². The molecule has 0 spiro atoms. The molecule has 0 aliphatic carbocycles. The molecule has 0 atom stereocenters. The van der Waals surface area contributed by atoms with E-state index in [0.29, 0.717) is 0 Å². The summed E-state index contributed by atoms with van der Waals surface area (Å²) in [6.45, 7) is 0. The van der Waals surface area contributed by atoms with Crippen LogP contribution in [0, 0.1) is 0 Å². The van der Waals surface area contributed by atoms with E-state index < -0.39 is 0 Å². The molecule has 23 valence electrons. The molecule has 5 radical (unpaired) electrons.